The first kappa shape index (κ1) is 31.8. The monoisotopic (exact) mass is 724 g/mol. The SMILES string of the molecule is Cn1[c-][n+](-c2cccc(Oc3ccc4c5ccccc5n(C5=C(\c6ccco6)c6ccccc6-c6ccccc6/C(c6ccoc6)=N\5)c4c3)c2)c2ccccc21. The standard InChI is InChI=1S/C49H32N4O3/c1-51-31-52(44-21-9-8-20-43(44)51)33-12-10-13-34(28-33)56-35-23-24-39-38-16-6-7-19-42(38)53(45(39)29-35)49-47(46-22-11-26-55-46)40-17-4-2-14-36(40)37-15-3-5-18-41(37)48(50-49)32-25-27-54-30-32/h2-30H,1H3/b37-36?,47-40?,48-41?,49-47-,50-48-,50-49?. The molecule has 11 rings (SSSR count). The molecule has 0 bridgehead atoms. The first-order valence-corrected chi connectivity index (χ1v) is 18.5. The summed E-state index contributed by atoms with van der Waals surface area (Å²) < 4.78 is 25.0. The van der Waals surface area contributed by atoms with Gasteiger partial charge in [-0.1, -0.05) is 103 Å². The Morgan fingerprint density at radius 2 is 1.34 bits per heavy atom. The van der Waals surface area contributed by atoms with Gasteiger partial charge in [-0.15, -0.1) is 0 Å². The highest BCUT2D eigenvalue weighted by Crippen LogP contribution is 2.44. The van der Waals surface area contributed by atoms with Gasteiger partial charge in [0.2, 0.25) is 6.33 Å². The van der Waals surface area contributed by atoms with Crippen LogP contribution in [0.1, 0.15) is 22.5 Å². The van der Waals surface area contributed by atoms with E-state index in [1.54, 1.807) is 18.8 Å². The van der Waals surface area contributed by atoms with Gasteiger partial charge >= 0.3 is 0 Å². The summed E-state index contributed by atoms with van der Waals surface area (Å²) in [6.45, 7) is 0. The quantitative estimate of drug-likeness (QED) is 0.127. The lowest BCUT2D eigenvalue weighted by molar-refractivity contribution is -0.572. The third kappa shape index (κ3) is 5.06. The van der Waals surface area contributed by atoms with Gasteiger partial charge in [0.1, 0.15) is 23.1 Å². The molecule has 1 aliphatic rings. The van der Waals surface area contributed by atoms with Gasteiger partial charge in [-0.2, -0.15) is 0 Å². The molecule has 266 valence electrons. The summed E-state index contributed by atoms with van der Waals surface area (Å²) in [7, 11) is 2.01. The number of ether oxygens (including phenoxy) is 1. The molecule has 0 radical (unpaired) electrons. The van der Waals surface area contributed by atoms with E-state index in [1.807, 2.05) is 66.2 Å². The van der Waals surface area contributed by atoms with Gasteiger partial charge in [-0.25, -0.2) is 4.99 Å². The first-order valence-electron chi connectivity index (χ1n) is 18.5. The lowest BCUT2D eigenvalue weighted by Gasteiger charge is -2.23. The molecular formula is C49H32N4O3. The molecule has 0 spiro atoms. The summed E-state index contributed by atoms with van der Waals surface area (Å²) in [6.07, 6.45) is 8.61. The van der Waals surface area contributed by atoms with Crippen LogP contribution in [0.5, 0.6) is 11.5 Å². The largest absolute Gasteiger partial charge is 0.472 e. The van der Waals surface area contributed by atoms with Gasteiger partial charge < -0.3 is 22.7 Å². The smallest absolute Gasteiger partial charge is 0.244 e. The Morgan fingerprint density at radius 1 is 0.607 bits per heavy atom. The fourth-order valence-electron chi connectivity index (χ4n) is 8.10. The van der Waals surface area contributed by atoms with Crippen molar-refractivity contribution in [2.75, 3.05) is 0 Å². The van der Waals surface area contributed by atoms with Crippen molar-refractivity contribution >= 4 is 49.9 Å². The van der Waals surface area contributed by atoms with Gasteiger partial charge in [-0.3, -0.25) is 4.57 Å². The third-order valence-corrected chi connectivity index (χ3v) is 10.6. The second-order valence-corrected chi connectivity index (χ2v) is 13.9. The Labute approximate surface area is 321 Å². The Hall–Kier alpha value is -7.64. The van der Waals surface area contributed by atoms with Crippen LogP contribution in [0.3, 0.4) is 0 Å². The minimum absolute atomic E-state index is 0.696. The highest BCUT2D eigenvalue weighted by Gasteiger charge is 2.28. The lowest BCUT2D eigenvalue weighted by atomic mass is 9.87. The van der Waals surface area contributed by atoms with Gasteiger partial charge in [0.05, 0.1) is 64.9 Å². The van der Waals surface area contributed by atoms with E-state index in [0.717, 1.165) is 77.6 Å². The molecule has 7 nitrogen and oxygen atoms in total. The van der Waals surface area contributed by atoms with Crippen LogP contribution in [0.4, 0.5) is 0 Å². The van der Waals surface area contributed by atoms with Crippen molar-refractivity contribution in [3.63, 3.8) is 0 Å². The van der Waals surface area contributed by atoms with Crippen molar-refractivity contribution in [3.05, 3.63) is 205 Å². The zero-order chi connectivity index (χ0) is 37.2. The molecular weight excluding hydrogens is 693 g/mol. The number of aliphatic imine (C=N–C) groups is 1. The summed E-state index contributed by atoms with van der Waals surface area (Å²) in [5.74, 6) is 2.83. The van der Waals surface area contributed by atoms with E-state index in [-0.39, 0.29) is 0 Å². The molecule has 10 aromatic rings. The molecule has 0 saturated heterocycles. The summed E-state index contributed by atoms with van der Waals surface area (Å²) in [5, 5.41) is 2.17. The lowest BCUT2D eigenvalue weighted by Crippen LogP contribution is -2.29. The van der Waals surface area contributed by atoms with Crippen LogP contribution in [-0.2, 0) is 7.05 Å². The van der Waals surface area contributed by atoms with Crippen LogP contribution >= 0.6 is 0 Å². The third-order valence-electron chi connectivity index (χ3n) is 10.6. The molecule has 4 aromatic heterocycles. The summed E-state index contributed by atoms with van der Waals surface area (Å²) >= 11 is 0. The van der Waals surface area contributed by atoms with Gasteiger partial charge in [0.15, 0.2) is 0 Å². The molecule has 5 heterocycles. The van der Waals surface area contributed by atoms with Crippen molar-refractivity contribution in [3.8, 4) is 28.3 Å². The maximum Gasteiger partial charge on any atom is 0.244 e. The average Bonchev–Trinajstić information content (AvgIpc) is 4.07. The molecule has 0 N–H and O–H groups in total. The predicted octanol–water partition coefficient (Wildman–Crippen LogP) is 11.2. The second kappa shape index (κ2) is 12.7. The van der Waals surface area contributed by atoms with Crippen LogP contribution in [0.15, 0.2) is 190 Å². The molecule has 0 saturated carbocycles. The molecule has 56 heavy (non-hydrogen) atoms. The number of aryl methyl sites for hydroxylation is 1. The van der Waals surface area contributed by atoms with E-state index < -0.39 is 0 Å². The number of para-hydroxylation sites is 3. The molecule has 0 unspecified atom stereocenters. The molecule has 7 heteroatoms. The van der Waals surface area contributed by atoms with Crippen LogP contribution in [-0.4, -0.2) is 14.8 Å². The van der Waals surface area contributed by atoms with E-state index in [0.29, 0.717) is 23.1 Å². The van der Waals surface area contributed by atoms with Crippen molar-refractivity contribution < 1.29 is 18.1 Å². The molecule has 0 aliphatic carbocycles. The molecule has 0 fully saturated rings. The number of aromatic nitrogens is 3. The highest BCUT2D eigenvalue weighted by atomic mass is 16.5. The number of hydrogen-bond acceptors (Lipinski definition) is 4. The molecule has 6 aromatic carbocycles. The molecule has 1 aliphatic heterocycles. The highest BCUT2D eigenvalue weighted by molar-refractivity contribution is 6.21. The minimum Gasteiger partial charge on any atom is -0.472 e. The van der Waals surface area contributed by atoms with E-state index >= 15 is 0 Å². The normalized spacial score (nSPS) is 15.0. The number of benzene rings is 6. The Bertz CT molecular complexity index is 3180. The van der Waals surface area contributed by atoms with Crippen LogP contribution in [0, 0.1) is 6.33 Å². The second-order valence-electron chi connectivity index (χ2n) is 13.9. The zero-order valence-corrected chi connectivity index (χ0v) is 30.3. The van der Waals surface area contributed by atoms with E-state index in [9.17, 15) is 0 Å². The Kier molecular flexibility index (Phi) is 7.25. The Balaban J connectivity index is 1.16. The van der Waals surface area contributed by atoms with Crippen LogP contribution in [0.25, 0.3) is 61.0 Å². The number of furan rings is 2. The van der Waals surface area contributed by atoms with Gasteiger partial charge in [-0.05, 0) is 65.2 Å². The number of nitrogens with zero attached hydrogens (tertiary/aromatic N) is 4. The number of rotatable bonds is 6. The van der Waals surface area contributed by atoms with E-state index in [4.69, 9.17) is 18.6 Å². The number of fused-ring (bicyclic) bond motifs is 7. The summed E-state index contributed by atoms with van der Waals surface area (Å²) in [4.78, 5) is 5.67. The van der Waals surface area contributed by atoms with Crippen molar-refractivity contribution in [1.29, 1.82) is 0 Å². The topological polar surface area (TPSA) is 61.6 Å². The fraction of sp³-hybridized carbons (Fsp3) is 0.0204. The van der Waals surface area contributed by atoms with Gasteiger partial charge in [0.25, 0.3) is 0 Å². The maximum absolute atomic E-state index is 6.70. The summed E-state index contributed by atoms with van der Waals surface area (Å²) in [5.41, 5.74) is 11.8. The van der Waals surface area contributed by atoms with Gasteiger partial charge in [0, 0.05) is 28.0 Å². The molecule has 0 atom stereocenters. The van der Waals surface area contributed by atoms with Crippen molar-refractivity contribution in [2.24, 2.45) is 12.0 Å². The maximum atomic E-state index is 6.70. The number of imidazole rings is 1. The van der Waals surface area contributed by atoms with E-state index in [2.05, 4.69) is 119 Å². The minimum atomic E-state index is 0.696. The van der Waals surface area contributed by atoms with Crippen LogP contribution in [0.2, 0.25) is 0 Å². The zero-order valence-electron chi connectivity index (χ0n) is 30.3. The van der Waals surface area contributed by atoms with E-state index in [1.165, 1.54) is 0 Å². The molecule has 0 amide bonds. The van der Waals surface area contributed by atoms with Crippen molar-refractivity contribution in [2.45, 2.75) is 0 Å². The average molecular weight is 725 g/mol. The first-order chi connectivity index (χ1) is 27.7. The Morgan fingerprint density at radius 3 is 2.16 bits per heavy atom. The predicted molar refractivity (Wildman–Crippen MR) is 220 cm³/mol. The summed E-state index contributed by atoms with van der Waals surface area (Å²) in [6, 6.07) is 54.0. The fourth-order valence-corrected chi connectivity index (χ4v) is 8.10. The van der Waals surface area contributed by atoms with Crippen LogP contribution < -0.4 is 9.30 Å². The van der Waals surface area contributed by atoms with Crippen molar-refractivity contribution in [1.82, 2.24) is 9.13 Å². The number of hydrogen-bond donors (Lipinski definition) is 0.